The van der Waals surface area contributed by atoms with E-state index in [2.05, 4.69) is 4.98 Å². The Kier molecular flexibility index (Phi) is 4.36. The molecule has 4 heteroatoms. The quantitative estimate of drug-likeness (QED) is 0.851. The van der Waals surface area contributed by atoms with Crippen LogP contribution in [0, 0.1) is 0 Å². The number of benzene rings is 1. The molecule has 0 radical (unpaired) electrons. The first-order chi connectivity index (χ1) is 8.85. The minimum Gasteiger partial charge on any atom is -0.493 e. The van der Waals surface area contributed by atoms with E-state index < -0.39 is 0 Å². The highest BCUT2D eigenvalue weighted by Crippen LogP contribution is 2.30. The van der Waals surface area contributed by atoms with Gasteiger partial charge in [-0.15, -0.1) is 0 Å². The fourth-order valence-electron chi connectivity index (χ4n) is 1.76. The molecule has 2 aromatic rings. The third-order valence-electron chi connectivity index (χ3n) is 2.60. The van der Waals surface area contributed by atoms with E-state index in [-0.39, 0.29) is 0 Å². The second-order valence-electron chi connectivity index (χ2n) is 3.94. The van der Waals surface area contributed by atoms with Crippen LogP contribution in [0.5, 0.6) is 5.75 Å². The zero-order valence-corrected chi connectivity index (χ0v) is 10.6. The summed E-state index contributed by atoms with van der Waals surface area (Å²) in [5, 5.41) is 0. The number of para-hydroxylation sites is 1. The number of ether oxygens (including phenoxy) is 1. The van der Waals surface area contributed by atoms with E-state index in [0.29, 0.717) is 13.2 Å². The highest BCUT2D eigenvalue weighted by atomic mass is 16.5. The summed E-state index contributed by atoms with van der Waals surface area (Å²) in [7, 11) is 0. The van der Waals surface area contributed by atoms with Gasteiger partial charge in [0.2, 0.25) is 0 Å². The van der Waals surface area contributed by atoms with Crippen molar-refractivity contribution in [1.29, 1.82) is 0 Å². The molecule has 0 amide bonds. The molecule has 0 aliphatic heterocycles. The molecule has 2 rings (SSSR count). The average molecular weight is 246 g/mol. The SMILES string of the molecule is CCOc1ccccc1-c1cnc(CCCN)o1. The first-order valence-corrected chi connectivity index (χ1v) is 6.22. The molecular formula is C14H18N2O2. The molecule has 4 nitrogen and oxygen atoms in total. The van der Waals surface area contributed by atoms with Crippen LogP contribution in [-0.2, 0) is 6.42 Å². The maximum Gasteiger partial charge on any atom is 0.194 e. The van der Waals surface area contributed by atoms with E-state index in [9.17, 15) is 0 Å². The molecule has 18 heavy (non-hydrogen) atoms. The lowest BCUT2D eigenvalue weighted by Gasteiger charge is -2.06. The molecule has 0 unspecified atom stereocenters. The Morgan fingerprint density at radius 2 is 2.17 bits per heavy atom. The summed E-state index contributed by atoms with van der Waals surface area (Å²) in [4.78, 5) is 4.25. The summed E-state index contributed by atoms with van der Waals surface area (Å²) in [6, 6.07) is 7.80. The molecule has 0 aliphatic carbocycles. The monoisotopic (exact) mass is 246 g/mol. The Hall–Kier alpha value is -1.81. The van der Waals surface area contributed by atoms with Gasteiger partial charge in [0.15, 0.2) is 11.7 Å². The highest BCUT2D eigenvalue weighted by molar-refractivity contribution is 5.64. The van der Waals surface area contributed by atoms with Gasteiger partial charge in [-0.2, -0.15) is 0 Å². The Morgan fingerprint density at radius 1 is 1.33 bits per heavy atom. The minimum absolute atomic E-state index is 0.630. The Morgan fingerprint density at radius 3 is 2.94 bits per heavy atom. The van der Waals surface area contributed by atoms with E-state index >= 15 is 0 Å². The largest absolute Gasteiger partial charge is 0.493 e. The number of aromatic nitrogens is 1. The molecule has 0 bridgehead atoms. The average Bonchev–Trinajstić information content (AvgIpc) is 2.86. The van der Waals surface area contributed by atoms with Crippen molar-refractivity contribution >= 4 is 0 Å². The summed E-state index contributed by atoms with van der Waals surface area (Å²) in [6.45, 7) is 3.24. The first-order valence-electron chi connectivity index (χ1n) is 6.22. The standard InChI is InChI=1S/C14H18N2O2/c1-2-17-12-7-4-3-6-11(12)13-10-16-14(18-13)8-5-9-15/h3-4,6-7,10H,2,5,8-9,15H2,1H3. The van der Waals surface area contributed by atoms with Gasteiger partial charge in [0.1, 0.15) is 5.75 Å². The zero-order valence-electron chi connectivity index (χ0n) is 10.6. The number of hydrogen-bond acceptors (Lipinski definition) is 4. The molecule has 0 saturated carbocycles. The molecule has 96 valence electrons. The van der Waals surface area contributed by atoms with Gasteiger partial charge in [0, 0.05) is 6.42 Å². The van der Waals surface area contributed by atoms with Crippen molar-refractivity contribution in [2.75, 3.05) is 13.2 Å². The number of nitrogens with two attached hydrogens (primary N) is 1. The Bertz CT molecular complexity index is 494. The molecule has 0 saturated heterocycles. The van der Waals surface area contributed by atoms with Crippen molar-refractivity contribution in [3.8, 4) is 17.1 Å². The summed E-state index contributed by atoms with van der Waals surface area (Å²) in [6.07, 6.45) is 3.39. The zero-order chi connectivity index (χ0) is 12.8. The summed E-state index contributed by atoms with van der Waals surface area (Å²) in [5.41, 5.74) is 6.40. The van der Waals surface area contributed by atoms with Gasteiger partial charge in [-0.3, -0.25) is 0 Å². The van der Waals surface area contributed by atoms with Crippen molar-refractivity contribution < 1.29 is 9.15 Å². The normalized spacial score (nSPS) is 10.6. The van der Waals surface area contributed by atoms with Crippen LogP contribution in [0.25, 0.3) is 11.3 Å². The maximum atomic E-state index is 5.71. The first kappa shape index (κ1) is 12.6. The van der Waals surface area contributed by atoms with Crippen LogP contribution in [-0.4, -0.2) is 18.1 Å². The highest BCUT2D eigenvalue weighted by Gasteiger charge is 2.10. The van der Waals surface area contributed by atoms with Gasteiger partial charge in [-0.05, 0) is 32.0 Å². The number of oxazole rings is 1. The van der Waals surface area contributed by atoms with Crippen LogP contribution in [0.3, 0.4) is 0 Å². The van der Waals surface area contributed by atoms with Gasteiger partial charge in [0.05, 0.1) is 18.4 Å². The number of rotatable bonds is 6. The lowest BCUT2D eigenvalue weighted by Crippen LogP contribution is -2.00. The lowest BCUT2D eigenvalue weighted by molar-refractivity contribution is 0.340. The molecular weight excluding hydrogens is 228 g/mol. The third-order valence-corrected chi connectivity index (χ3v) is 2.60. The van der Waals surface area contributed by atoms with Crippen LogP contribution in [0.4, 0.5) is 0 Å². The van der Waals surface area contributed by atoms with Gasteiger partial charge in [-0.1, -0.05) is 12.1 Å². The molecule has 0 atom stereocenters. The van der Waals surface area contributed by atoms with Crippen LogP contribution in [0.2, 0.25) is 0 Å². The Labute approximate surface area is 107 Å². The number of nitrogens with zero attached hydrogens (tertiary/aromatic N) is 1. The van der Waals surface area contributed by atoms with Gasteiger partial charge < -0.3 is 14.9 Å². The van der Waals surface area contributed by atoms with E-state index in [4.69, 9.17) is 14.9 Å². The van der Waals surface area contributed by atoms with Crippen molar-refractivity contribution in [3.63, 3.8) is 0 Å². The Balaban J connectivity index is 2.22. The van der Waals surface area contributed by atoms with E-state index in [0.717, 1.165) is 35.8 Å². The predicted octanol–water partition coefficient (Wildman–Crippen LogP) is 2.63. The van der Waals surface area contributed by atoms with Crippen molar-refractivity contribution in [2.24, 2.45) is 5.73 Å². The van der Waals surface area contributed by atoms with E-state index in [1.54, 1.807) is 6.20 Å². The van der Waals surface area contributed by atoms with Gasteiger partial charge in [-0.25, -0.2) is 4.98 Å². The van der Waals surface area contributed by atoms with E-state index in [1.807, 2.05) is 31.2 Å². The summed E-state index contributed by atoms with van der Waals surface area (Å²) in [5.74, 6) is 2.29. The second-order valence-corrected chi connectivity index (χ2v) is 3.94. The molecule has 1 heterocycles. The summed E-state index contributed by atoms with van der Waals surface area (Å²) < 4.78 is 11.3. The van der Waals surface area contributed by atoms with Crippen LogP contribution in [0.15, 0.2) is 34.9 Å². The molecule has 2 N–H and O–H groups in total. The summed E-state index contributed by atoms with van der Waals surface area (Å²) >= 11 is 0. The second kappa shape index (κ2) is 6.21. The van der Waals surface area contributed by atoms with Crippen LogP contribution >= 0.6 is 0 Å². The molecule has 1 aromatic carbocycles. The fraction of sp³-hybridized carbons (Fsp3) is 0.357. The predicted molar refractivity (Wildman–Crippen MR) is 70.5 cm³/mol. The topological polar surface area (TPSA) is 61.3 Å². The lowest BCUT2D eigenvalue weighted by atomic mass is 10.1. The van der Waals surface area contributed by atoms with E-state index in [1.165, 1.54) is 0 Å². The fourth-order valence-corrected chi connectivity index (χ4v) is 1.76. The number of aryl methyl sites for hydroxylation is 1. The smallest absolute Gasteiger partial charge is 0.194 e. The molecule has 0 aliphatic rings. The van der Waals surface area contributed by atoms with Crippen LogP contribution < -0.4 is 10.5 Å². The molecule has 0 spiro atoms. The van der Waals surface area contributed by atoms with Crippen LogP contribution in [0.1, 0.15) is 19.2 Å². The van der Waals surface area contributed by atoms with Crippen molar-refractivity contribution in [1.82, 2.24) is 4.98 Å². The number of hydrogen-bond donors (Lipinski definition) is 1. The molecule has 1 aromatic heterocycles. The third kappa shape index (κ3) is 2.90. The van der Waals surface area contributed by atoms with Gasteiger partial charge in [0.25, 0.3) is 0 Å². The molecule has 0 fully saturated rings. The van der Waals surface area contributed by atoms with Crippen molar-refractivity contribution in [3.05, 3.63) is 36.4 Å². The van der Waals surface area contributed by atoms with Gasteiger partial charge >= 0.3 is 0 Å². The minimum atomic E-state index is 0.630. The maximum absolute atomic E-state index is 5.71. The van der Waals surface area contributed by atoms with Crippen molar-refractivity contribution in [2.45, 2.75) is 19.8 Å².